The number of aromatic nitrogens is 1. The van der Waals surface area contributed by atoms with Crippen LogP contribution in [0.1, 0.15) is 23.2 Å². The lowest BCUT2D eigenvalue weighted by Crippen LogP contribution is -2.41. The van der Waals surface area contributed by atoms with E-state index in [1.807, 2.05) is 35.2 Å². The molecule has 2 amide bonds. The van der Waals surface area contributed by atoms with Gasteiger partial charge in [-0.3, -0.25) is 14.6 Å². The summed E-state index contributed by atoms with van der Waals surface area (Å²) in [4.78, 5) is 30.8. The highest BCUT2D eigenvalue weighted by molar-refractivity contribution is 5.95. The number of carbonyl (C=O) groups excluding carboxylic acids is 2. The van der Waals surface area contributed by atoms with Crippen molar-refractivity contribution in [1.82, 2.24) is 9.88 Å². The molecule has 3 rings (SSSR count). The summed E-state index contributed by atoms with van der Waals surface area (Å²) in [7, 11) is 1.55. The number of carbonyl (C=O) groups is 2. The molecule has 0 spiro atoms. The van der Waals surface area contributed by atoms with Gasteiger partial charge in [0.1, 0.15) is 11.4 Å². The third kappa shape index (κ3) is 3.96. The number of anilines is 1. The molecule has 2 heterocycles. The Morgan fingerprint density at radius 3 is 2.56 bits per heavy atom. The molecule has 130 valence electrons. The quantitative estimate of drug-likeness (QED) is 0.929. The number of benzene rings is 1. The highest BCUT2D eigenvalue weighted by Gasteiger charge is 2.28. The van der Waals surface area contributed by atoms with Crippen LogP contribution in [0.25, 0.3) is 0 Å². The second-order valence-electron chi connectivity index (χ2n) is 6.00. The molecule has 1 fully saturated rings. The maximum Gasteiger partial charge on any atom is 0.253 e. The molecule has 2 aromatic rings. The summed E-state index contributed by atoms with van der Waals surface area (Å²) in [5.74, 6) is 0.427. The van der Waals surface area contributed by atoms with Crippen LogP contribution in [-0.2, 0) is 4.79 Å². The molecule has 25 heavy (non-hydrogen) atoms. The number of hydrogen-bond acceptors (Lipinski definition) is 4. The topological polar surface area (TPSA) is 71.5 Å². The highest BCUT2D eigenvalue weighted by atomic mass is 16.5. The molecule has 6 nitrogen and oxygen atoms in total. The van der Waals surface area contributed by atoms with E-state index in [1.165, 1.54) is 0 Å². The van der Waals surface area contributed by atoms with E-state index in [2.05, 4.69) is 10.3 Å². The van der Waals surface area contributed by atoms with Gasteiger partial charge in [0, 0.05) is 36.8 Å². The van der Waals surface area contributed by atoms with Crippen molar-refractivity contribution in [3.8, 4) is 5.75 Å². The molecule has 1 aromatic heterocycles. The predicted molar refractivity (Wildman–Crippen MR) is 94.5 cm³/mol. The van der Waals surface area contributed by atoms with Gasteiger partial charge in [0.05, 0.1) is 13.3 Å². The van der Waals surface area contributed by atoms with Crippen LogP contribution >= 0.6 is 0 Å². The minimum atomic E-state index is -0.121. The third-order valence-corrected chi connectivity index (χ3v) is 4.43. The molecule has 0 unspecified atom stereocenters. The Kier molecular flexibility index (Phi) is 5.28. The Bertz CT molecular complexity index is 741. The monoisotopic (exact) mass is 339 g/mol. The zero-order valence-electron chi connectivity index (χ0n) is 14.1. The fraction of sp³-hybridized carbons (Fsp3) is 0.316. The van der Waals surface area contributed by atoms with E-state index in [-0.39, 0.29) is 17.7 Å². The number of methoxy groups -OCH3 is 1. The average molecular weight is 339 g/mol. The number of amides is 2. The molecular weight excluding hydrogens is 318 g/mol. The van der Waals surface area contributed by atoms with E-state index in [9.17, 15) is 9.59 Å². The van der Waals surface area contributed by atoms with Gasteiger partial charge in [-0.05, 0) is 25.0 Å². The molecule has 1 aromatic carbocycles. The van der Waals surface area contributed by atoms with Crippen molar-refractivity contribution in [3.05, 3.63) is 54.4 Å². The number of ether oxygens (including phenoxy) is 1. The molecule has 1 aliphatic heterocycles. The zero-order valence-corrected chi connectivity index (χ0v) is 14.1. The normalized spacial score (nSPS) is 14.8. The van der Waals surface area contributed by atoms with E-state index in [1.54, 1.807) is 25.6 Å². The lowest BCUT2D eigenvalue weighted by Gasteiger charge is -2.31. The number of rotatable bonds is 4. The second kappa shape index (κ2) is 7.79. The van der Waals surface area contributed by atoms with Gasteiger partial charge in [-0.15, -0.1) is 0 Å². The Balaban J connectivity index is 1.57. The number of nitrogens with zero attached hydrogens (tertiary/aromatic N) is 2. The van der Waals surface area contributed by atoms with Gasteiger partial charge in [-0.25, -0.2) is 0 Å². The van der Waals surface area contributed by atoms with Crippen molar-refractivity contribution >= 4 is 17.5 Å². The first-order valence-corrected chi connectivity index (χ1v) is 8.32. The molecule has 1 N–H and O–H groups in total. The zero-order chi connectivity index (χ0) is 17.6. The summed E-state index contributed by atoms with van der Waals surface area (Å²) in [6.45, 7) is 1.16. The molecule has 0 aliphatic carbocycles. The van der Waals surface area contributed by atoms with Gasteiger partial charge in [-0.1, -0.05) is 18.2 Å². The summed E-state index contributed by atoms with van der Waals surface area (Å²) in [5, 5.41) is 2.88. The Morgan fingerprint density at radius 1 is 1.16 bits per heavy atom. The van der Waals surface area contributed by atoms with Crippen LogP contribution in [0.5, 0.6) is 5.75 Å². The fourth-order valence-electron chi connectivity index (χ4n) is 3.00. The third-order valence-electron chi connectivity index (χ3n) is 4.43. The van der Waals surface area contributed by atoms with Gasteiger partial charge in [-0.2, -0.15) is 0 Å². The molecule has 6 heteroatoms. The van der Waals surface area contributed by atoms with Crippen LogP contribution in [0.3, 0.4) is 0 Å². The van der Waals surface area contributed by atoms with Gasteiger partial charge in [0.2, 0.25) is 5.91 Å². The van der Waals surface area contributed by atoms with Crippen molar-refractivity contribution in [3.63, 3.8) is 0 Å². The van der Waals surface area contributed by atoms with Crippen molar-refractivity contribution in [2.24, 2.45) is 5.92 Å². The summed E-state index contributed by atoms with van der Waals surface area (Å²) >= 11 is 0. The maximum absolute atomic E-state index is 12.5. The van der Waals surface area contributed by atoms with Gasteiger partial charge >= 0.3 is 0 Å². The standard InChI is InChI=1S/C19H21N3O3/c1-25-17-7-10-20-13-16(17)21-18(23)14-8-11-22(12-9-14)19(24)15-5-3-2-4-6-15/h2-7,10,13-14H,8-9,11-12H2,1H3,(H,21,23). The second-order valence-corrected chi connectivity index (χ2v) is 6.00. The van der Waals surface area contributed by atoms with Gasteiger partial charge < -0.3 is 15.0 Å². The van der Waals surface area contributed by atoms with Crippen LogP contribution < -0.4 is 10.1 Å². The molecule has 0 atom stereocenters. The lowest BCUT2D eigenvalue weighted by molar-refractivity contribution is -0.121. The van der Waals surface area contributed by atoms with Gasteiger partial charge in [0.15, 0.2) is 0 Å². The van der Waals surface area contributed by atoms with Crippen LogP contribution in [0.15, 0.2) is 48.8 Å². The predicted octanol–water partition coefficient (Wildman–Crippen LogP) is 2.58. The van der Waals surface area contributed by atoms with E-state index in [4.69, 9.17) is 4.74 Å². The van der Waals surface area contributed by atoms with Crippen molar-refractivity contribution in [1.29, 1.82) is 0 Å². The van der Waals surface area contributed by atoms with Crippen LogP contribution in [0.4, 0.5) is 5.69 Å². The molecule has 0 bridgehead atoms. The van der Waals surface area contributed by atoms with Crippen LogP contribution in [0.2, 0.25) is 0 Å². The first-order valence-electron chi connectivity index (χ1n) is 8.32. The number of likely N-dealkylation sites (tertiary alicyclic amines) is 1. The first kappa shape index (κ1) is 17.0. The minimum Gasteiger partial charge on any atom is -0.494 e. The summed E-state index contributed by atoms with van der Waals surface area (Å²) in [5.41, 5.74) is 1.25. The summed E-state index contributed by atoms with van der Waals surface area (Å²) in [6.07, 6.45) is 4.48. The average Bonchev–Trinajstić information content (AvgIpc) is 2.68. The Labute approximate surface area is 146 Å². The van der Waals surface area contributed by atoms with Crippen molar-refractivity contribution in [2.45, 2.75) is 12.8 Å². The van der Waals surface area contributed by atoms with E-state index < -0.39 is 0 Å². The highest BCUT2D eigenvalue weighted by Crippen LogP contribution is 2.25. The molecule has 0 saturated carbocycles. The minimum absolute atomic E-state index is 0.0217. The lowest BCUT2D eigenvalue weighted by atomic mass is 9.95. The summed E-state index contributed by atoms with van der Waals surface area (Å²) in [6, 6.07) is 10.9. The van der Waals surface area contributed by atoms with E-state index in [0.717, 1.165) is 0 Å². The number of pyridine rings is 1. The smallest absolute Gasteiger partial charge is 0.253 e. The summed E-state index contributed by atoms with van der Waals surface area (Å²) < 4.78 is 5.22. The van der Waals surface area contributed by atoms with Crippen LogP contribution in [0, 0.1) is 5.92 Å². The SMILES string of the molecule is COc1ccncc1NC(=O)C1CCN(C(=O)c2ccccc2)CC1. The fourth-order valence-corrected chi connectivity index (χ4v) is 3.00. The van der Waals surface area contributed by atoms with Crippen LogP contribution in [-0.4, -0.2) is 41.9 Å². The molecule has 0 radical (unpaired) electrons. The Morgan fingerprint density at radius 2 is 1.88 bits per heavy atom. The van der Waals surface area contributed by atoms with E-state index in [0.29, 0.717) is 42.9 Å². The molecular formula is C19H21N3O3. The number of nitrogens with one attached hydrogen (secondary N) is 1. The van der Waals surface area contributed by atoms with Crippen molar-refractivity contribution in [2.75, 3.05) is 25.5 Å². The number of hydrogen-bond donors (Lipinski definition) is 1. The van der Waals surface area contributed by atoms with Gasteiger partial charge in [0.25, 0.3) is 5.91 Å². The molecule has 1 aliphatic rings. The first-order chi connectivity index (χ1) is 12.2. The van der Waals surface area contributed by atoms with Crippen molar-refractivity contribution < 1.29 is 14.3 Å². The largest absolute Gasteiger partial charge is 0.494 e. The van der Waals surface area contributed by atoms with E-state index >= 15 is 0 Å². The maximum atomic E-state index is 12.5. The number of piperidine rings is 1. The molecule has 1 saturated heterocycles. The Hall–Kier alpha value is -2.89.